The van der Waals surface area contributed by atoms with Gasteiger partial charge in [-0.15, -0.1) is 0 Å². The second kappa shape index (κ2) is 13.9. The topological polar surface area (TPSA) is 24.9 Å². The van der Waals surface area contributed by atoms with Crippen LogP contribution in [0.15, 0.2) is 95.5 Å². The molecule has 0 fully saturated rings. The lowest BCUT2D eigenvalue weighted by molar-refractivity contribution is 0.203. The number of allylic oxidation sites excluding steroid dienone is 4. The molecule has 2 aliphatic carbocycles. The minimum Gasteiger partial charge on any atom is -0.473 e. The highest BCUT2D eigenvalue weighted by Gasteiger charge is 2.21. The molecule has 4 heteroatoms. The Bertz CT molecular complexity index is 1070. The number of hydrogen-bond donors (Lipinski definition) is 0. The van der Waals surface area contributed by atoms with Crippen LogP contribution >= 0.6 is 0 Å². The Labute approximate surface area is 231 Å². The van der Waals surface area contributed by atoms with Crippen molar-refractivity contribution in [1.29, 1.82) is 0 Å². The van der Waals surface area contributed by atoms with E-state index in [1.165, 1.54) is 40.1 Å². The maximum atomic E-state index is 5.97. The molecule has 0 spiro atoms. The molecule has 2 aliphatic heterocycles. The first-order valence-electron chi connectivity index (χ1n) is 14.4. The van der Waals surface area contributed by atoms with Crippen LogP contribution in [0, 0.1) is 0 Å². The molecule has 0 saturated heterocycles. The molecule has 0 saturated carbocycles. The van der Waals surface area contributed by atoms with Crippen molar-refractivity contribution in [2.75, 3.05) is 36.4 Å². The quantitative estimate of drug-likeness (QED) is 0.407. The third-order valence-electron chi connectivity index (χ3n) is 6.99. The fourth-order valence-corrected chi connectivity index (χ4v) is 5.06. The van der Waals surface area contributed by atoms with E-state index in [4.69, 9.17) is 9.47 Å². The van der Waals surface area contributed by atoms with Crippen LogP contribution < -0.4 is 9.80 Å². The molecule has 38 heavy (non-hydrogen) atoms. The summed E-state index contributed by atoms with van der Waals surface area (Å²) in [5, 5.41) is 0. The average molecular weight is 515 g/mol. The lowest BCUT2D eigenvalue weighted by atomic mass is 10.0. The molecule has 6 rings (SSSR count). The summed E-state index contributed by atoms with van der Waals surface area (Å²) in [6, 6.07) is 17.9. The van der Waals surface area contributed by atoms with Gasteiger partial charge in [-0.3, -0.25) is 0 Å². The van der Waals surface area contributed by atoms with Gasteiger partial charge in [0.2, 0.25) is 0 Å². The number of rotatable bonds is 4. The van der Waals surface area contributed by atoms with Crippen LogP contribution in [0.2, 0.25) is 0 Å². The number of anilines is 2. The number of nitrogens with zero attached hydrogens (tertiary/aromatic N) is 2. The van der Waals surface area contributed by atoms with Crippen LogP contribution in [0.4, 0.5) is 11.4 Å². The van der Waals surface area contributed by atoms with Crippen molar-refractivity contribution < 1.29 is 10.9 Å². The van der Waals surface area contributed by atoms with Gasteiger partial charge in [-0.25, -0.2) is 0 Å². The summed E-state index contributed by atoms with van der Waals surface area (Å²) in [4.78, 5) is 4.64. The van der Waals surface area contributed by atoms with E-state index in [0.29, 0.717) is 13.5 Å². The molecule has 0 atom stereocenters. The molecular weight excluding hydrogens is 468 g/mol. The zero-order valence-corrected chi connectivity index (χ0v) is 23.7. The predicted octanol–water partition coefficient (Wildman–Crippen LogP) is 8.76. The van der Waals surface area contributed by atoms with E-state index in [-0.39, 0.29) is 1.43 Å². The van der Waals surface area contributed by atoms with Crippen LogP contribution in [0.3, 0.4) is 0 Å². The fraction of sp³-hybridized carbons (Fsp3) is 0.412. The zero-order chi connectivity index (χ0) is 26.7. The third-order valence-corrected chi connectivity index (χ3v) is 6.99. The Hall–Kier alpha value is -3.40. The van der Waals surface area contributed by atoms with Crippen LogP contribution in [-0.2, 0) is 15.9 Å². The molecule has 2 heterocycles. The van der Waals surface area contributed by atoms with Gasteiger partial charge in [-0.2, -0.15) is 0 Å². The van der Waals surface area contributed by atoms with Crippen LogP contribution in [0.1, 0.15) is 72.4 Å². The largest absolute Gasteiger partial charge is 0.473 e. The van der Waals surface area contributed by atoms with Gasteiger partial charge >= 0.3 is 0 Å². The van der Waals surface area contributed by atoms with Crippen molar-refractivity contribution in [3.63, 3.8) is 0 Å². The number of benzene rings is 2. The maximum absolute atomic E-state index is 5.97. The van der Waals surface area contributed by atoms with Gasteiger partial charge in [0.05, 0.1) is 0 Å². The summed E-state index contributed by atoms with van der Waals surface area (Å²) in [5.74, 6) is 2.17. The molecular formula is C34H46N2O2. The van der Waals surface area contributed by atoms with Crippen molar-refractivity contribution in [2.24, 2.45) is 0 Å². The molecule has 0 bridgehead atoms. The summed E-state index contributed by atoms with van der Waals surface area (Å²) in [6.07, 6.45) is 15.3. The molecule has 204 valence electrons. The normalized spacial score (nSPS) is 17.8. The van der Waals surface area contributed by atoms with E-state index >= 15 is 0 Å². The van der Waals surface area contributed by atoms with Gasteiger partial charge in [-0.05, 0) is 90.8 Å². The lowest BCUT2D eigenvalue weighted by Gasteiger charge is -2.33. The van der Waals surface area contributed by atoms with Gasteiger partial charge in [0.1, 0.15) is 11.5 Å². The summed E-state index contributed by atoms with van der Waals surface area (Å²) >= 11 is 0. The van der Waals surface area contributed by atoms with Crippen molar-refractivity contribution in [2.45, 2.75) is 66.2 Å². The highest BCUT2D eigenvalue weighted by Crippen LogP contribution is 2.30. The van der Waals surface area contributed by atoms with Crippen molar-refractivity contribution in [3.8, 4) is 0 Å². The number of ether oxygens (including phenoxy) is 2. The Morgan fingerprint density at radius 3 is 1.45 bits per heavy atom. The maximum Gasteiger partial charge on any atom is 0.161 e. The van der Waals surface area contributed by atoms with Crippen LogP contribution in [0.25, 0.3) is 0 Å². The van der Waals surface area contributed by atoms with E-state index in [1.807, 2.05) is 13.8 Å². The fourth-order valence-electron chi connectivity index (χ4n) is 5.06. The Morgan fingerprint density at radius 2 is 1.05 bits per heavy atom. The third kappa shape index (κ3) is 6.92. The SMILES string of the molecule is C1=CC2=C(CC1)CN(c1ccc(Cc3ccc(N4COC5=C(CCC=C5)C4)cc3)cc1)CO2.CC.CCC.[HH]. The highest BCUT2D eigenvalue weighted by molar-refractivity contribution is 5.53. The second-order valence-electron chi connectivity index (χ2n) is 9.98. The minimum absolute atomic E-state index is 0. The predicted molar refractivity (Wildman–Crippen MR) is 163 cm³/mol. The molecule has 2 aromatic rings. The zero-order valence-electron chi connectivity index (χ0n) is 23.7. The molecule has 4 aliphatic rings. The molecule has 2 aromatic carbocycles. The molecule has 0 amide bonds. The summed E-state index contributed by atoms with van der Waals surface area (Å²) in [5.41, 5.74) is 7.95. The van der Waals surface area contributed by atoms with E-state index in [9.17, 15) is 0 Å². The lowest BCUT2D eigenvalue weighted by Crippen LogP contribution is -2.33. The monoisotopic (exact) mass is 514 g/mol. The summed E-state index contributed by atoms with van der Waals surface area (Å²) < 4.78 is 11.9. The summed E-state index contributed by atoms with van der Waals surface area (Å²) in [6.45, 7) is 11.4. The van der Waals surface area contributed by atoms with Gasteiger partial charge in [0.15, 0.2) is 13.5 Å². The molecule has 0 unspecified atom stereocenters. The average Bonchev–Trinajstić information content (AvgIpc) is 2.99. The van der Waals surface area contributed by atoms with Crippen molar-refractivity contribution >= 4 is 11.4 Å². The van der Waals surface area contributed by atoms with E-state index in [2.05, 4.69) is 96.5 Å². The summed E-state index contributed by atoms with van der Waals surface area (Å²) in [7, 11) is 0. The van der Waals surface area contributed by atoms with E-state index in [0.717, 1.165) is 56.7 Å². The first-order chi connectivity index (χ1) is 18.7. The van der Waals surface area contributed by atoms with E-state index in [1.54, 1.807) is 0 Å². The minimum atomic E-state index is 0. The first-order valence-corrected chi connectivity index (χ1v) is 14.4. The van der Waals surface area contributed by atoms with E-state index < -0.39 is 0 Å². The van der Waals surface area contributed by atoms with Crippen LogP contribution in [-0.4, -0.2) is 26.6 Å². The molecule has 4 nitrogen and oxygen atoms in total. The van der Waals surface area contributed by atoms with Crippen molar-refractivity contribution in [3.05, 3.63) is 107 Å². The second-order valence-corrected chi connectivity index (χ2v) is 9.98. The molecule has 0 aromatic heterocycles. The Balaban J connectivity index is 0.000000658. The number of hydrogen-bond acceptors (Lipinski definition) is 4. The van der Waals surface area contributed by atoms with Gasteiger partial charge < -0.3 is 19.3 Å². The Kier molecular flexibility index (Phi) is 10.1. The highest BCUT2D eigenvalue weighted by atomic mass is 16.5. The van der Waals surface area contributed by atoms with Gasteiger partial charge in [-0.1, -0.05) is 70.5 Å². The smallest absolute Gasteiger partial charge is 0.161 e. The van der Waals surface area contributed by atoms with Gasteiger partial charge in [0.25, 0.3) is 0 Å². The first kappa shape index (κ1) is 27.6. The standard InChI is InChI=1S/C29H30N2O2.C3H8.C2H6.H2/c1-3-7-28-24(5-1)18-30(20-32-28)26-13-9-22(10-14-26)17-23-11-15-27(16-12-23)31-19-25-6-2-4-8-29(25)33-21-31;1-3-2;1-2;/h3-4,7-16H,1-2,5-6,17-21H2;3H2,1-2H3;1-2H3;1H. The Morgan fingerprint density at radius 1 is 0.658 bits per heavy atom. The molecule has 0 N–H and O–H groups in total. The molecule has 0 radical (unpaired) electrons. The van der Waals surface area contributed by atoms with Crippen molar-refractivity contribution in [1.82, 2.24) is 0 Å². The van der Waals surface area contributed by atoms with Gasteiger partial charge in [0, 0.05) is 25.9 Å². The van der Waals surface area contributed by atoms with Crippen LogP contribution in [0.5, 0.6) is 0 Å².